The van der Waals surface area contributed by atoms with Crippen molar-refractivity contribution in [2.45, 2.75) is 38.8 Å². The predicted octanol–water partition coefficient (Wildman–Crippen LogP) is 3.46. The highest BCUT2D eigenvalue weighted by atomic mass is 35.5. The molecule has 2 unspecified atom stereocenters. The summed E-state index contributed by atoms with van der Waals surface area (Å²) in [7, 11) is 2.15. The smallest absolute Gasteiger partial charge is 0.0453 e. The fraction of sp³-hybridized carbons (Fsp3) is 0.571. The first kappa shape index (κ1) is 14.5. The van der Waals surface area contributed by atoms with Gasteiger partial charge < -0.3 is 10.6 Å². The third-order valence-electron chi connectivity index (χ3n) is 3.44. The highest BCUT2D eigenvalue weighted by Crippen LogP contribution is 2.23. The van der Waals surface area contributed by atoms with Crippen molar-refractivity contribution in [3.8, 4) is 0 Å². The second-order valence-corrected chi connectivity index (χ2v) is 5.06. The molecule has 2 atom stereocenters. The summed E-state index contributed by atoms with van der Waals surface area (Å²) in [6.07, 6.45) is 2.10. The quantitative estimate of drug-likeness (QED) is 0.843. The fourth-order valence-electron chi connectivity index (χ4n) is 1.81. The topological polar surface area (TPSA) is 29.3 Å². The molecular weight excluding hydrogens is 232 g/mol. The van der Waals surface area contributed by atoms with Gasteiger partial charge >= 0.3 is 0 Å². The summed E-state index contributed by atoms with van der Waals surface area (Å²) in [6.45, 7) is 5.44. The molecule has 1 rings (SSSR count). The molecule has 1 aromatic carbocycles. The third-order valence-corrected chi connectivity index (χ3v) is 3.78. The van der Waals surface area contributed by atoms with Gasteiger partial charge in [-0.2, -0.15) is 0 Å². The standard InChI is InChI=1S/C14H23ClN2/c1-4-11(2)17(3)10-9-14(16)12-7-5-6-8-13(12)15/h5-8,11,14H,4,9-10,16H2,1-3H3. The Bertz CT molecular complexity index is 341. The van der Waals surface area contributed by atoms with Crippen molar-refractivity contribution in [3.05, 3.63) is 34.9 Å². The van der Waals surface area contributed by atoms with Gasteiger partial charge in [0.05, 0.1) is 0 Å². The number of nitrogens with zero attached hydrogens (tertiary/aromatic N) is 1. The SMILES string of the molecule is CCC(C)N(C)CCC(N)c1ccccc1Cl. The molecule has 0 saturated carbocycles. The van der Waals surface area contributed by atoms with Crippen LogP contribution in [0.1, 0.15) is 38.3 Å². The maximum Gasteiger partial charge on any atom is 0.0453 e. The molecule has 0 aliphatic carbocycles. The molecule has 96 valence electrons. The van der Waals surface area contributed by atoms with Crippen LogP contribution < -0.4 is 5.73 Å². The van der Waals surface area contributed by atoms with Gasteiger partial charge in [-0.1, -0.05) is 36.7 Å². The summed E-state index contributed by atoms with van der Waals surface area (Å²) in [5.41, 5.74) is 7.22. The summed E-state index contributed by atoms with van der Waals surface area (Å²) >= 11 is 6.13. The van der Waals surface area contributed by atoms with Crippen molar-refractivity contribution in [1.29, 1.82) is 0 Å². The van der Waals surface area contributed by atoms with Crippen molar-refractivity contribution < 1.29 is 0 Å². The lowest BCUT2D eigenvalue weighted by Crippen LogP contribution is -2.31. The van der Waals surface area contributed by atoms with E-state index < -0.39 is 0 Å². The molecule has 0 fully saturated rings. The maximum absolute atomic E-state index is 6.17. The predicted molar refractivity (Wildman–Crippen MR) is 75.4 cm³/mol. The number of halogens is 1. The monoisotopic (exact) mass is 254 g/mol. The Morgan fingerprint density at radius 1 is 1.35 bits per heavy atom. The molecule has 0 spiro atoms. The summed E-state index contributed by atoms with van der Waals surface area (Å²) in [6, 6.07) is 8.46. The molecule has 0 radical (unpaired) electrons. The van der Waals surface area contributed by atoms with E-state index in [4.69, 9.17) is 17.3 Å². The number of hydrogen-bond donors (Lipinski definition) is 1. The van der Waals surface area contributed by atoms with Gasteiger partial charge in [0, 0.05) is 17.1 Å². The lowest BCUT2D eigenvalue weighted by atomic mass is 10.0. The fourth-order valence-corrected chi connectivity index (χ4v) is 2.08. The minimum Gasteiger partial charge on any atom is -0.324 e. The molecule has 0 aliphatic heterocycles. The number of nitrogens with two attached hydrogens (primary N) is 1. The van der Waals surface area contributed by atoms with Crippen molar-refractivity contribution in [2.75, 3.05) is 13.6 Å². The summed E-state index contributed by atoms with van der Waals surface area (Å²) in [5, 5.41) is 0.770. The van der Waals surface area contributed by atoms with Crippen molar-refractivity contribution in [3.63, 3.8) is 0 Å². The maximum atomic E-state index is 6.17. The van der Waals surface area contributed by atoms with Gasteiger partial charge in [0.25, 0.3) is 0 Å². The van der Waals surface area contributed by atoms with E-state index in [1.165, 1.54) is 0 Å². The third kappa shape index (κ3) is 4.30. The lowest BCUT2D eigenvalue weighted by Gasteiger charge is -2.25. The average molecular weight is 255 g/mol. The lowest BCUT2D eigenvalue weighted by molar-refractivity contribution is 0.243. The molecule has 2 N–H and O–H groups in total. The second-order valence-electron chi connectivity index (χ2n) is 4.65. The minimum absolute atomic E-state index is 0.0233. The van der Waals surface area contributed by atoms with Gasteiger partial charge in [-0.3, -0.25) is 0 Å². The highest BCUT2D eigenvalue weighted by Gasteiger charge is 2.12. The largest absolute Gasteiger partial charge is 0.324 e. The van der Waals surface area contributed by atoms with Crippen molar-refractivity contribution in [1.82, 2.24) is 4.90 Å². The van der Waals surface area contributed by atoms with Gasteiger partial charge in [-0.25, -0.2) is 0 Å². The van der Waals surface area contributed by atoms with Crippen LogP contribution in [0.3, 0.4) is 0 Å². The van der Waals surface area contributed by atoms with Crippen LogP contribution in [0.25, 0.3) is 0 Å². The van der Waals surface area contributed by atoms with Gasteiger partial charge in [0.15, 0.2) is 0 Å². The van der Waals surface area contributed by atoms with Gasteiger partial charge in [0.2, 0.25) is 0 Å². The molecule has 0 amide bonds. The molecule has 0 saturated heterocycles. The molecule has 0 heterocycles. The van der Waals surface area contributed by atoms with Crippen LogP contribution in [0.2, 0.25) is 5.02 Å². The Morgan fingerprint density at radius 2 is 2.00 bits per heavy atom. The van der Waals surface area contributed by atoms with Gasteiger partial charge in [-0.05, 0) is 45.0 Å². The molecule has 0 aliphatic rings. The number of rotatable bonds is 6. The molecule has 1 aromatic rings. The van der Waals surface area contributed by atoms with Crippen LogP contribution >= 0.6 is 11.6 Å². The molecule has 17 heavy (non-hydrogen) atoms. The van der Waals surface area contributed by atoms with E-state index in [1.54, 1.807) is 0 Å². The highest BCUT2D eigenvalue weighted by molar-refractivity contribution is 6.31. The molecule has 3 heteroatoms. The van der Waals surface area contributed by atoms with E-state index in [0.29, 0.717) is 6.04 Å². The first-order chi connectivity index (χ1) is 8.06. The normalized spacial score (nSPS) is 14.9. The minimum atomic E-state index is 0.0233. The van der Waals surface area contributed by atoms with Crippen molar-refractivity contribution >= 4 is 11.6 Å². The summed E-state index contributed by atoms with van der Waals surface area (Å²) in [4.78, 5) is 2.34. The molecular formula is C14H23ClN2. The molecule has 2 nitrogen and oxygen atoms in total. The molecule has 0 aromatic heterocycles. The van der Waals surface area contributed by atoms with E-state index in [2.05, 4.69) is 25.8 Å². The van der Waals surface area contributed by atoms with Crippen molar-refractivity contribution in [2.24, 2.45) is 5.73 Å². The zero-order valence-electron chi connectivity index (χ0n) is 11.0. The van der Waals surface area contributed by atoms with E-state index in [0.717, 1.165) is 30.0 Å². The van der Waals surface area contributed by atoms with E-state index >= 15 is 0 Å². The van der Waals surface area contributed by atoms with Crippen LogP contribution in [0.15, 0.2) is 24.3 Å². The Hall–Kier alpha value is -0.570. The van der Waals surface area contributed by atoms with Crippen LogP contribution in [-0.2, 0) is 0 Å². The van der Waals surface area contributed by atoms with Crippen LogP contribution in [-0.4, -0.2) is 24.5 Å². The first-order valence-corrected chi connectivity index (χ1v) is 6.64. The van der Waals surface area contributed by atoms with E-state index in [1.807, 2.05) is 24.3 Å². The summed E-state index contributed by atoms with van der Waals surface area (Å²) in [5.74, 6) is 0. The van der Waals surface area contributed by atoms with Gasteiger partial charge in [0.1, 0.15) is 0 Å². The Morgan fingerprint density at radius 3 is 2.59 bits per heavy atom. The van der Waals surface area contributed by atoms with Crippen LogP contribution in [0.4, 0.5) is 0 Å². The second kappa shape index (κ2) is 7.00. The zero-order chi connectivity index (χ0) is 12.8. The Kier molecular flexibility index (Phi) is 5.96. The summed E-state index contributed by atoms with van der Waals surface area (Å²) < 4.78 is 0. The van der Waals surface area contributed by atoms with Crippen LogP contribution in [0.5, 0.6) is 0 Å². The van der Waals surface area contributed by atoms with E-state index in [-0.39, 0.29) is 6.04 Å². The molecule has 0 bridgehead atoms. The van der Waals surface area contributed by atoms with E-state index in [9.17, 15) is 0 Å². The Labute approximate surface area is 110 Å². The Balaban J connectivity index is 2.50. The van der Waals surface area contributed by atoms with Crippen LogP contribution in [0, 0.1) is 0 Å². The zero-order valence-corrected chi connectivity index (χ0v) is 11.7. The van der Waals surface area contributed by atoms with Gasteiger partial charge in [-0.15, -0.1) is 0 Å². The number of hydrogen-bond acceptors (Lipinski definition) is 2. The first-order valence-electron chi connectivity index (χ1n) is 6.26. The number of benzene rings is 1. The average Bonchev–Trinajstić information content (AvgIpc) is 2.35.